The molecule has 0 saturated heterocycles. The van der Waals surface area contributed by atoms with Crippen molar-refractivity contribution < 1.29 is 33.3 Å². The quantitative estimate of drug-likeness (QED) is 0.643. The summed E-state index contributed by atoms with van der Waals surface area (Å²) in [6.07, 6.45) is 0.682. The van der Waals surface area contributed by atoms with Crippen LogP contribution in [0.3, 0.4) is 0 Å². The molecule has 30 heavy (non-hydrogen) atoms. The number of rotatable bonds is 7. The van der Waals surface area contributed by atoms with E-state index in [4.69, 9.17) is 23.7 Å². The Labute approximate surface area is 175 Å². The van der Waals surface area contributed by atoms with Crippen molar-refractivity contribution in [3.63, 3.8) is 0 Å². The third-order valence-corrected chi connectivity index (χ3v) is 5.03. The zero-order chi connectivity index (χ0) is 21.7. The molecule has 0 N–H and O–H groups in total. The van der Waals surface area contributed by atoms with Crippen LogP contribution in [0.15, 0.2) is 30.3 Å². The predicted octanol–water partition coefficient (Wildman–Crippen LogP) is 2.46. The molecular formula is C22H25NO7. The van der Waals surface area contributed by atoms with Gasteiger partial charge in [0.2, 0.25) is 0 Å². The minimum atomic E-state index is -0.633. The number of hydrogen-bond donors (Lipinski definition) is 0. The van der Waals surface area contributed by atoms with E-state index in [0.717, 1.165) is 11.1 Å². The van der Waals surface area contributed by atoms with Gasteiger partial charge in [-0.2, -0.15) is 0 Å². The van der Waals surface area contributed by atoms with E-state index in [-0.39, 0.29) is 18.1 Å². The lowest BCUT2D eigenvalue weighted by Gasteiger charge is -2.29. The largest absolute Gasteiger partial charge is 0.497 e. The molecular weight excluding hydrogens is 390 g/mol. The van der Waals surface area contributed by atoms with Crippen LogP contribution in [0.2, 0.25) is 0 Å². The van der Waals surface area contributed by atoms with Gasteiger partial charge in [0.25, 0.3) is 5.91 Å². The van der Waals surface area contributed by atoms with Crippen LogP contribution in [0.25, 0.3) is 0 Å². The van der Waals surface area contributed by atoms with Gasteiger partial charge in [-0.3, -0.25) is 4.79 Å². The monoisotopic (exact) mass is 415 g/mol. The van der Waals surface area contributed by atoms with Crippen LogP contribution in [0, 0.1) is 0 Å². The van der Waals surface area contributed by atoms with Crippen molar-refractivity contribution in [2.24, 2.45) is 0 Å². The highest BCUT2D eigenvalue weighted by Crippen LogP contribution is 2.33. The fourth-order valence-corrected chi connectivity index (χ4v) is 3.36. The van der Waals surface area contributed by atoms with E-state index in [9.17, 15) is 9.59 Å². The number of hydrogen-bond acceptors (Lipinski definition) is 7. The van der Waals surface area contributed by atoms with Gasteiger partial charge < -0.3 is 28.6 Å². The molecule has 0 spiro atoms. The van der Waals surface area contributed by atoms with Gasteiger partial charge in [0.05, 0.1) is 28.4 Å². The number of esters is 1. The summed E-state index contributed by atoms with van der Waals surface area (Å²) >= 11 is 0. The number of nitrogens with zero attached hydrogens (tertiary/aromatic N) is 1. The average molecular weight is 415 g/mol. The number of carbonyl (C=O) groups is 2. The fraction of sp³-hybridized carbons (Fsp3) is 0.364. The first-order valence-corrected chi connectivity index (χ1v) is 9.41. The number of amides is 1. The first-order chi connectivity index (χ1) is 14.5. The van der Waals surface area contributed by atoms with Crippen molar-refractivity contribution in [1.82, 2.24) is 4.90 Å². The molecule has 1 aliphatic rings. The number of carbonyl (C=O) groups excluding carboxylic acids is 2. The summed E-state index contributed by atoms with van der Waals surface area (Å²) in [5.74, 6) is 1.25. The number of ether oxygens (including phenoxy) is 5. The van der Waals surface area contributed by atoms with E-state index >= 15 is 0 Å². The first-order valence-electron chi connectivity index (χ1n) is 9.41. The second-order valence-electron chi connectivity index (χ2n) is 6.68. The highest BCUT2D eigenvalue weighted by Gasteiger charge is 2.24. The smallest absolute Gasteiger partial charge is 0.342 e. The van der Waals surface area contributed by atoms with Crippen molar-refractivity contribution in [2.75, 3.05) is 41.6 Å². The van der Waals surface area contributed by atoms with Crippen LogP contribution in [-0.2, 0) is 22.5 Å². The van der Waals surface area contributed by atoms with Crippen LogP contribution in [0.1, 0.15) is 21.5 Å². The summed E-state index contributed by atoms with van der Waals surface area (Å²) < 4.78 is 26.2. The third-order valence-electron chi connectivity index (χ3n) is 5.03. The second kappa shape index (κ2) is 9.39. The maximum absolute atomic E-state index is 12.6. The SMILES string of the molecule is COc1ccc(C(=O)OCC(=O)N2CCc3cc(OC)c(OC)cc3C2)c(OC)c1. The van der Waals surface area contributed by atoms with Crippen molar-refractivity contribution in [1.29, 1.82) is 0 Å². The van der Waals surface area contributed by atoms with E-state index in [1.807, 2.05) is 12.1 Å². The molecule has 0 atom stereocenters. The molecule has 8 heteroatoms. The summed E-state index contributed by atoms with van der Waals surface area (Å²) in [7, 11) is 6.14. The lowest BCUT2D eigenvalue weighted by atomic mass is 9.99. The third kappa shape index (κ3) is 4.42. The Hall–Kier alpha value is -3.42. The zero-order valence-corrected chi connectivity index (χ0v) is 17.5. The van der Waals surface area contributed by atoms with E-state index in [2.05, 4.69) is 0 Å². The molecule has 2 aromatic carbocycles. The molecule has 0 saturated carbocycles. The molecule has 1 amide bonds. The van der Waals surface area contributed by atoms with Gasteiger partial charge in [-0.15, -0.1) is 0 Å². The van der Waals surface area contributed by atoms with E-state index in [1.165, 1.54) is 14.2 Å². The Morgan fingerprint density at radius 2 is 1.53 bits per heavy atom. The Kier molecular flexibility index (Phi) is 6.66. The van der Waals surface area contributed by atoms with Crippen LogP contribution >= 0.6 is 0 Å². The maximum atomic E-state index is 12.6. The topological polar surface area (TPSA) is 83.5 Å². The van der Waals surface area contributed by atoms with Crippen molar-refractivity contribution in [3.05, 3.63) is 47.0 Å². The summed E-state index contributed by atoms with van der Waals surface area (Å²) in [6.45, 7) is 0.597. The molecule has 0 bridgehead atoms. The van der Waals surface area contributed by atoms with Crippen LogP contribution < -0.4 is 18.9 Å². The predicted molar refractivity (Wildman–Crippen MR) is 108 cm³/mol. The zero-order valence-electron chi connectivity index (χ0n) is 17.5. The molecule has 8 nitrogen and oxygen atoms in total. The van der Waals surface area contributed by atoms with Gasteiger partial charge in [-0.1, -0.05) is 0 Å². The Balaban J connectivity index is 1.64. The van der Waals surface area contributed by atoms with Gasteiger partial charge >= 0.3 is 5.97 Å². The molecule has 1 heterocycles. The maximum Gasteiger partial charge on any atom is 0.342 e. The Bertz CT molecular complexity index is 941. The van der Waals surface area contributed by atoms with E-state index in [1.54, 1.807) is 37.3 Å². The molecule has 0 aromatic heterocycles. The lowest BCUT2D eigenvalue weighted by Crippen LogP contribution is -2.38. The molecule has 0 radical (unpaired) electrons. The fourth-order valence-electron chi connectivity index (χ4n) is 3.36. The van der Waals surface area contributed by atoms with Gasteiger partial charge in [-0.25, -0.2) is 4.79 Å². The summed E-state index contributed by atoms with van der Waals surface area (Å²) in [5, 5.41) is 0. The first kappa shape index (κ1) is 21.3. The number of fused-ring (bicyclic) bond motifs is 1. The van der Waals surface area contributed by atoms with Gasteiger partial charge in [-0.05, 0) is 41.8 Å². The molecule has 1 aliphatic heterocycles. The minimum Gasteiger partial charge on any atom is -0.497 e. The van der Waals surface area contributed by atoms with Gasteiger partial charge in [0.15, 0.2) is 18.1 Å². The molecule has 160 valence electrons. The molecule has 0 fully saturated rings. The Morgan fingerprint density at radius 1 is 0.867 bits per heavy atom. The minimum absolute atomic E-state index is 0.229. The molecule has 3 rings (SSSR count). The van der Waals surface area contributed by atoms with Crippen molar-refractivity contribution in [3.8, 4) is 23.0 Å². The lowest BCUT2D eigenvalue weighted by molar-refractivity contribution is -0.135. The van der Waals surface area contributed by atoms with Gasteiger partial charge in [0.1, 0.15) is 17.1 Å². The van der Waals surface area contributed by atoms with Crippen LogP contribution in [-0.4, -0.2) is 58.4 Å². The summed E-state index contributed by atoms with van der Waals surface area (Å²) in [5.41, 5.74) is 2.32. The highest BCUT2D eigenvalue weighted by atomic mass is 16.5. The molecule has 2 aromatic rings. The average Bonchev–Trinajstić information content (AvgIpc) is 2.80. The normalized spacial score (nSPS) is 12.6. The highest BCUT2D eigenvalue weighted by molar-refractivity contribution is 5.94. The van der Waals surface area contributed by atoms with Gasteiger partial charge in [0, 0.05) is 19.2 Å². The van der Waals surface area contributed by atoms with Crippen molar-refractivity contribution in [2.45, 2.75) is 13.0 Å². The van der Waals surface area contributed by atoms with Crippen LogP contribution in [0.5, 0.6) is 23.0 Å². The van der Waals surface area contributed by atoms with E-state index in [0.29, 0.717) is 42.5 Å². The van der Waals surface area contributed by atoms with E-state index < -0.39 is 5.97 Å². The molecule has 0 unspecified atom stereocenters. The summed E-state index contributed by atoms with van der Waals surface area (Å²) in [6, 6.07) is 8.57. The number of benzene rings is 2. The molecule has 0 aliphatic carbocycles. The summed E-state index contributed by atoms with van der Waals surface area (Å²) in [4.78, 5) is 26.7. The Morgan fingerprint density at radius 3 is 2.17 bits per heavy atom. The second-order valence-corrected chi connectivity index (χ2v) is 6.68. The number of methoxy groups -OCH3 is 4. The van der Waals surface area contributed by atoms with Crippen LogP contribution in [0.4, 0.5) is 0 Å². The standard InChI is InChI=1S/C22H25NO7/c1-26-16-5-6-17(18(11-16)27-2)22(25)30-13-21(24)23-8-7-14-9-19(28-3)20(29-4)10-15(14)12-23/h5-6,9-11H,7-8,12-13H2,1-4H3. The van der Waals surface area contributed by atoms with Crippen molar-refractivity contribution >= 4 is 11.9 Å².